The first kappa shape index (κ1) is 21.3. The smallest absolute Gasteiger partial charge is 0.387 e. The summed E-state index contributed by atoms with van der Waals surface area (Å²) in [6, 6.07) is 12.4. The predicted octanol–water partition coefficient (Wildman–Crippen LogP) is 5.29. The van der Waals surface area contributed by atoms with E-state index in [0.717, 1.165) is 11.0 Å². The zero-order valence-corrected chi connectivity index (χ0v) is 17.6. The highest BCUT2D eigenvalue weighted by Crippen LogP contribution is 2.33. The van der Waals surface area contributed by atoms with Crippen molar-refractivity contribution in [2.24, 2.45) is 0 Å². The van der Waals surface area contributed by atoms with E-state index in [4.69, 9.17) is 4.74 Å². The number of ether oxygens (including phenoxy) is 2. The van der Waals surface area contributed by atoms with E-state index >= 15 is 0 Å². The molecular formula is C24H21F2N3O3. The topological polar surface area (TPSA) is 57.8 Å². The van der Waals surface area contributed by atoms with E-state index in [1.165, 1.54) is 25.3 Å². The molecule has 6 nitrogen and oxygen atoms in total. The van der Waals surface area contributed by atoms with Gasteiger partial charge in [0, 0.05) is 12.1 Å². The quantitative estimate of drug-likeness (QED) is 0.214. The van der Waals surface area contributed by atoms with E-state index in [1.54, 1.807) is 29.6 Å². The van der Waals surface area contributed by atoms with Crippen LogP contribution in [-0.4, -0.2) is 33.7 Å². The fourth-order valence-corrected chi connectivity index (χ4v) is 3.81. The highest BCUT2D eigenvalue weighted by molar-refractivity contribution is 6.12. The standard InChI is InChI=1S/C24H21F2N3O3/c1-4-14-28-17-9-5-6-10-18(17)29-23(28)21(15(2)27-29)19(30)13-12-16-8-7-11-20(31-3)22(16)32-24(25)26/h4-13,24H,1,14H2,2-3H3/b13-12+. The minimum absolute atomic E-state index is 0.133. The Bertz CT molecular complexity index is 1350. The molecule has 0 radical (unpaired) electrons. The van der Waals surface area contributed by atoms with Gasteiger partial charge in [0.25, 0.3) is 0 Å². The number of aryl methyl sites for hydroxylation is 1. The first-order valence-electron chi connectivity index (χ1n) is 9.88. The molecule has 0 unspecified atom stereocenters. The average Bonchev–Trinajstić information content (AvgIpc) is 3.26. The Hall–Kier alpha value is -3.94. The third-order valence-corrected chi connectivity index (χ3v) is 5.10. The van der Waals surface area contributed by atoms with E-state index in [0.29, 0.717) is 29.0 Å². The minimum Gasteiger partial charge on any atom is -0.493 e. The van der Waals surface area contributed by atoms with Crippen LogP contribution in [0.3, 0.4) is 0 Å². The molecule has 0 fully saturated rings. The minimum atomic E-state index is -3.03. The van der Waals surface area contributed by atoms with Crippen LogP contribution in [0, 0.1) is 6.92 Å². The number of allylic oxidation sites excluding steroid dienone is 2. The first-order valence-corrected chi connectivity index (χ1v) is 9.88. The molecule has 0 spiro atoms. The van der Waals surface area contributed by atoms with Crippen molar-refractivity contribution in [3.8, 4) is 11.5 Å². The molecule has 0 bridgehead atoms. The van der Waals surface area contributed by atoms with Gasteiger partial charge >= 0.3 is 6.61 Å². The van der Waals surface area contributed by atoms with Gasteiger partial charge < -0.3 is 14.0 Å². The molecule has 4 aromatic rings. The van der Waals surface area contributed by atoms with Crippen LogP contribution in [0.2, 0.25) is 0 Å². The number of benzene rings is 2. The summed E-state index contributed by atoms with van der Waals surface area (Å²) in [5, 5.41) is 4.57. The monoisotopic (exact) mass is 437 g/mol. The lowest BCUT2D eigenvalue weighted by Gasteiger charge is -2.12. The number of halogens is 2. The van der Waals surface area contributed by atoms with Crippen molar-refractivity contribution in [2.45, 2.75) is 20.1 Å². The second-order valence-corrected chi connectivity index (χ2v) is 7.04. The lowest BCUT2D eigenvalue weighted by atomic mass is 10.1. The number of ketones is 1. The van der Waals surface area contributed by atoms with E-state index in [2.05, 4.69) is 16.4 Å². The normalized spacial score (nSPS) is 11.7. The average molecular weight is 437 g/mol. The summed E-state index contributed by atoms with van der Waals surface area (Å²) >= 11 is 0. The maximum absolute atomic E-state index is 13.2. The van der Waals surface area contributed by atoms with Crippen molar-refractivity contribution >= 4 is 28.5 Å². The molecule has 0 saturated heterocycles. The molecule has 0 N–H and O–H groups in total. The maximum Gasteiger partial charge on any atom is 0.387 e. The van der Waals surface area contributed by atoms with Gasteiger partial charge in [0.1, 0.15) is 5.65 Å². The summed E-state index contributed by atoms with van der Waals surface area (Å²) in [4.78, 5) is 13.2. The molecule has 4 rings (SSSR count). The van der Waals surface area contributed by atoms with Gasteiger partial charge in [0.15, 0.2) is 17.3 Å². The number of aromatic nitrogens is 3. The number of alkyl halides is 2. The molecule has 0 aliphatic heterocycles. The first-order chi connectivity index (χ1) is 15.5. The molecule has 0 amide bonds. The summed E-state index contributed by atoms with van der Waals surface area (Å²) in [5.41, 5.74) is 3.73. The molecule has 0 aliphatic carbocycles. The van der Waals surface area contributed by atoms with Gasteiger partial charge in [-0.15, -0.1) is 6.58 Å². The fourth-order valence-electron chi connectivity index (χ4n) is 3.81. The van der Waals surface area contributed by atoms with Gasteiger partial charge in [0.2, 0.25) is 0 Å². The van der Waals surface area contributed by atoms with Crippen molar-refractivity contribution in [1.82, 2.24) is 14.2 Å². The van der Waals surface area contributed by atoms with Crippen LogP contribution in [-0.2, 0) is 6.54 Å². The largest absolute Gasteiger partial charge is 0.493 e. The van der Waals surface area contributed by atoms with Gasteiger partial charge in [-0.2, -0.15) is 13.9 Å². The zero-order valence-electron chi connectivity index (χ0n) is 17.6. The molecule has 0 aliphatic rings. The summed E-state index contributed by atoms with van der Waals surface area (Å²) in [7, 11) is 1.36. The van der Waals surface area contributed by atoms with E-state index < -0.39 is 6.61 Å². The molecule has 2 heterocycles. The fraction of sp³-hybridized carbons (Fsp3) is 0.167. The SMILES string of the molecule is C=CCn1c2ccccc2n2nc(C)c(C(=O)/C=C/c3cccc(OC)c3OC(F)F)c12. The summed E-state index contributed by atoms with van der Waals surface area (Å²) in [6.45, 7) is 3.05. The number of carbonyl (C=O) groups excluding carboxylic acids is 1. The van der Waals surface area contributed by atoms with Crippen molar-refractivity contribution in [2.75, 3.05) is 7.11 Å². The summed E-state index contributed by atoms with van der Waals surface area (Å²) in [5.74, 6) is -0.293. The van der Waals surface area contributed by atoms with Gasteiger partial charge in [-0.3, -0.25) is 4.79 Å². The van der Waals surface area contributed by atoms with Crippen LogP contribution >= 0.6 is 0 Å². The van der Waals surface area contributed by atoms with Gasteiger partial charge in [-0.05, 0) is 37.3 Å². The molecule has 164 valence electrons. The number of imidazole rings is 1. The van der Waals surface area contributed by atoms with Crippen LogP contribution in [0.15, 0.2) is 61.2 Å². The van der Waals surface area contributed by atoms with E-state index in [1.807, 2.05) is 28.8 Å². The van der Waals surface area contributed by atoms with Crippen molar-refractivity contribution in [3.63, 3.8) is 0 Å². The molecule has 2 aromatic carbocycles. The summed E-state index contributed by atoms with van der Waals surface area (Å²) < 4.78 is 39.2. The van der Waals surface area contributed by atoms with Crippen LogP contribution in [0.25, 0.3) is 22.8 Å². The molecule has 2 aromatic heterocycles. The third kappa shape index (κ3) is 3.64. The van der Waals surface area contributed by atoms with Crippen molar-refractivity contribution in [3.05, 3.63) is 78.0 Å². The highest BCUT2D eigenvalue weighted by atomic mass is 19.3. The third-order valence-electron chi connectivity index (χ3n) is 5.10. The Kier molecular flexibility index (Phi) is 5.77. The number of hydrogen-bond acceptors (Lipinski definition) is 4. The molecule has 0 saturated carbocycles. The van der Waals surface area contributed by atoms with Crippen molar-refractivity contribution < 1.29 is 23.0 Å². The second-order valence-electron chi connectivity index (χ2n) is 7.04. The number of carbonyl (C=O) groups is 1. The van der Waals surface area contributed by atoms with Gasteiger partial charge in [-0.25, -0.2) is 4.52 Å². The van der Waals surface area contributed by atoms with E-state index in [-0.39, 0.29) is 17.3 Å². The Labute approximate surface area is 183 Å². The Morgan fingerprint density at radius 1 is 1.19 bits per heavy atom. The number of hydrogen-bond donors (Lipinski definition) is 0. The van der Waals surface area contributed by atoms with Crippen LogP contribution in [0.1, 0.15) is 21.6 Å². The number of fused-ring (bicyclic) bond motifs is 3. The Morgan fingerprint density at radius 2 is 1.94 bits per heavy atom. The summed E-state index contributed by atoms with van der Waals surface area (Å²) in [6.07, 6.45) is 4.52. The maximum atomic E-state index is 13.2. The van der Waals surface area contributed by atoms with Gasteiger partial charge in [0.05, 0.1) is 29.4 Å². The van der Waals surface area contributed by atoms with Crippen molar-refractivity contribution in [1.29, 1.82) is 0 Å². The van der Waals surface area contributed by atoms with Crippen LogP contribution in [0.4, 0.5) is 8.78 Å². The zero-order chi connectivity index (χ0) is 22.8. The number of nitrogens with zero attached hydrogens (tertiary/aromatic N) is 3. The molecule has 0 atom stereocenters. The number of rotatable bonds is 8. The predicted molar refractivity (Wildman–Crippen MR) is 119 cm³/mol. The number of methoxy groups -OCH3 is 1. The van der Waals surface area contributed by atoms with Crippen LogP contribution < -0.4 is 9.47 Å². The Morgan fingerprint density at radius 3 is 2.62 bits per heavy atom. The lowest BCUT2D eigenvalue weighted by Crippen LogP contribution is -2.05. The molecule has 8 heteroatoms. The van der Waals surface area contributed by atoms with Gasteiger partial charge in [-0.1, -0.05) is 30.3 Å². The highest BCUT2D eigenvalue weighted by Gasteiger charge is 2.22. The molecule has 32 heavy (non-hydrogen) atoms. The Balaban J connectivity index is 1.81. The second kappa shape index (κ2) is 8.66. The van der Waals surface area contributed by atoms with E-state index in [9.17, 15) is 13.6 Å². The lowest BCUT2D eigenvalue weighted by molar-refractivity contribution is -0.0513. The number of para-hydroxylation sites is 3. The van der Waals surface area contributed by atoms with Crippen LogP contribution in [0.5, 0.6) is 11.5 Å². The molecular weight excluding hydrogens is 416 g/mol.